The van der Waals surface area contributed by atoms with Crippen molar-refractivity contribution in [1.82, 2.24) is 0 Å². The first-order valence-electron chi connectivity index (χ1n) is 8.52. The molecule has 0 aromatic heterocycles. The molecular formula is C21H28BrN. The van der Waals surface area contributed by atoms with Crippen molar-refractivity contribution >= 4 is 21.6 Å². The molecule has 0 aliphatic carbocycles. The first-order valence-corrected chi connectivity index (χ1v) is 9.32. The number of hydrogen-bond donors (Lipinski definition) is 1. The van der Waals surface area contributed by atoms with Crippen LogP contribution in [0.15, 0.2) is 53.0 Å². The van der Waals surface area contributed by atoms with Crippen molar-refractivity contribution in [2.24, 2.45) is 0 Å². The van der Waals surface area contributed by atoms with E-state index in [1.165, 1.54) is 29.7 Å². The van der Waals surface area contributed by atoms with Crippen LogP contribution in [0.5, 0.6) is 0 Å². The lowest BCUT2D eigenvalue weighted by Crippen LogP contribution is -2.13. The molecule has 1 N–H and O–H groups in total. The summed E-state index contributed by atoms with van der Waals surface area (Å²) in [5.74, 6) is 0. The Hall–Kier alpha value is -1.28. The molecule has 0 radical (unpaired) electrons. The molecule has 1 nitrogen and oxygen atoms in total. The largest absolute Gasteiger partial charge is 0.378 e. The van der Waals surface area contributed by atoms with Crippen molar-refractivity contribution in [3.63, 3.8) is 0 Å². The van der Waals surface area contributed by atoms with Crippen LogP contribution in [0.4, 0.5) is 5.69 Å². The average Bonchev–Trinajstić information content (AvgIpc) is 2.52. The van der Waals surface area contributed by atoms with Crippen molar-refractivity contribution in [2.75, 3.05) is 5.32 Å². The number of nitrogens with one attached hydrogen (secondary N) is 1. The van der Waals surface area contributed by atoms with Crippen molar-refractivity contribution in [1.29, 1.82) is 0 Å². The van der Waals surface area contributed by atoms with Gasteiger partial charge in [0.2, 0.25) is 0 Å². The second kappa shape index (κ2) is 8.01. The normalized spacial score (nSPS) is 12.9. The standard InChI is InChI=1S/C21H28BrN/c1-5-6-7-20(23-19-14-12-18(22)13-15-19)16-8-10-17(11-9-16)21(2,3)4/h8-15,20,23H,5-7H2,1-4H3. The Morgan fingerprint density at radius 3 is 2.09 bits per heavy atom. The number of unbranched alkanes of at least 4 members (excludes halogenated alkanes) is 1. The molecule has 124 valence electrons. The van der Waals surface area contributed by atoms with Crippen LogP contribution in [-0.4, -0.2) is 0 Å². The molecule has 2 heteroatoms. The first kappa shape index (κ1) is 18.1. The smallest absolute Gasteiger partial charge is 0.0513 e. The molecule has 23 heavy (non-hydrogen) atoms. The fourth-order valence-electron chi connectivity index (χ4n) is 2.69. The molecule has 2 rings (SSSR count). The second-order valence-electron chi connectivity index (χ2n) is 7.22. The Labute approximate surface area is 149 Å². The van der Waals surface area contributed by atoms with Gasteiger partial charge in [-0.05, 0) is 47.2 Å². The third-order valence-electron chi connectivity index (χ3n) is 4.21. The van der Waals surface area contributed by atoms with Gasteiger partial charge in [0.15, 0.2) is 0 Å². The van der Waals surface area contributed by atoms with Gasteiger partial charge in [0.05, 0.1) is 6.04 Å². The summed E-state index contributed by atoms with van der Waals surface area (Å²) in [5, 5.41) is 3.69. The van der Waals surface area contributed by atoms with Crippen LogP contribution in [0.1, 0.15) is 64.1 Å². The van der Waals surface area contributed by atoms with Gasteiger partial charge >= 0.3 is 0 Å². The highest BCUT2D eigenvalue weighted by Crippen LogP contribution is 2.28. The second-order valence-corrected chi connectivity index (χ2v) is 8.13. The molecule has 0 saturated heterocycles. The summed E-state index contributed by atoms with van der Waals surface area (Å²) in [4.78, 5) is 0. The number of benzene rings is 2. The summed E-state index contributed by atoms with van der Waals surface area (Å²) in [6.07, 6.45) is 3.61. The maximum Gasteiger partial charge on any atom is 0.0513 e. The van der Waals surface area contributed by atoms with Gasteiger partial charge in [-0.15, -0.1) is 0 Å². The van der Waals surface area contributed by atoms with E-state index in [0.29, 0.717) is 6.04 Å². The van der Waals surface area contributed by atoms with Gasteiger partial charge in [0, 0.05) is 10.2 Å². The molecule has 0 fully saturated rings. The van der Waals surface area contributed by atoms with E-state index in [1.807, 2.05) is 0 Å². The summed E-state index contributed by atoms with van der Waals surface area (Å²) < 4.78 is 1.11. The predicted molar refractivity (Wildman–Crippen MR) is 105 cm³/mol. The molecule has 0 bridgehead atoms. The van der Waals surface area contributed by atoms with Crippen LogP contribution in [-0.2, 0) is 5.41 Å². The highest BCUT2D eigenvalue weighted by molar-refractivity contribution is 9.10. The van der Waals surface area contributed by atoms with E-state index in [9.17, 15) is 0 Å². The van der Waals surface area contributed by atoms with E-state index in [2.05, 4.69) is 97.5 Å². The molecule has 2 aromatic carbocycles. The third-order valence-corrected chi connectivity index (χ3v) is 4.74. The average molecular weight is 374 g/mol. The lowest BCUT2D eigenvalue weighted by Gasteiger charge is -2.23. The first-order chi connectivity index (χ1) is 10.9. The monoisotopic (exact) mass is 373 g/mol. The molecule has 0 aliphatic rings. The molecule has 0 amide bonds. The summed E-state index contributed by atoms with van der Waals surface area (Å²) in [6, 6.07) is 17.9. The maximum absolute atomic E-state index is 3.69. The van der Waals surface area contributed by atoms with E-state index in [-0.39, 0.29) is 5.41 Å². The van der Waals surface area contributed by atoms with E-state index in [4.69, 9.17) is 0 Å². The molecule has 2 aromatic rings. The predicted octanol–water partition coefficient (Wildman–Crippen LogP) is 7.09. The van der Waals surface area contributed by atoms with Gasteiger partial charge < -0.3 is 5.32 Å². The van der Waals surface area contributed by atoms with Crippen LogP contribution in [0, 0.1) is 0 Å². The highest BCUT2D eigenvalue weighted by atomic mass is 79.9. The van der Waals surface area contributed by atoms with E-state index in [1.54, 1.807) is 0 Å². The third kappa shape index (κ3) is 5.39. The molecular weight excluding hydrogens is 346 g/mol. The number of hydrogen-bond acceptors (Lipinski definition) is 1. The highest BCUT2D eigenvalue weighted by Gasteiger charge is 2.15. The van der Waals surface area contributed by atoms with Crippen molar-refractivity contribution < 1.29 is 0 Å². The zero-order valence-electron chi connectivity index (χ0n) is 14.7. The molecule has 1 unspecified atom stereocenters. The fourth-order valence-corrected chi connectivity index (χ4v) is 2.96. The lowest BCUT2D eigenvalue weighted by molar-refractivity contribution is 0.588. The summed E-state index contributed by atoms with van der Waals surface area (Å²) in [6.45, 7) is 9.03. The van der Waals surface area contributed by atoms with Gasteiger partial charge in [-0.2, -0.15) is 0 Å². The van der Waals surface area contributed by atoms with Gasteiger partial charge in [-0.3, -0.25) is 0 Å². The van der Waals surface area contributed by atoms with Gasteiger partial charge in [0.25, 0.3) is 0 Å². The number of anilines is 1. The molecule has 0 spiro atoms. The molecule has 0 heterocycles. The Bertz CT molecular complexity index is 593. The quantitative estimate of drug-likeness (QED) is 0.569. The molecule has 0 saturated carbocycles. The van der Waals surface area contributed by atoms with Crippen molar-refractivity contribution in [2.45, 2.75) is 58.4 Å². The summed E-state index contributed by atoms with van der Waals surface area (Å²) >= 11 is 3.50. The minimum Gasteiger partial charge on any atom is -0.378 e. The van der Waals surface area contributed by atoms with Crippen LogP contribution >= 0.6 is 15.9 Å². The van der Waals surface area contributed by atoms with Gasteiger partial charge in [0.1, 0.15) is 0 Å². The Morgan fingerprint density at radius 1 is 0.957 bits per heavy atom. The number of rotatable bonds is 6. The zero-order chi connectivity index (χ0) is 16.9. The van der Waals surface area contributed by atoms with E-state index >= 15 is 0 Å². The van der Waals surface area contributed by atoms with Gasteiger partial charge in [-0.1, -0.05) is 80.7 Å². The Balaban J connectivity index is 2.18. The Kier molecular flexibility index (Phi) is 6.29. The molecule has 0 aliphatic heterocycles. The van der Waals surface area contributed by atoms with Crippen LogP contribution in [0.2, 0.25) is 0 Å². The number of halogens is 1. The Morgan fingerprint density at radius 2 is 1.57 bits per heavy atom. The topological polar surface area (TPSA) is 12.0 Å². The SMILES string of the molecule is CCCCC(Nc1ccc(Br)cc1)c1ccc(C(C)(C)C)cc1. The lowest BCUT2D eigenvalue weighted by atomic mass is 9.86. The zero-order valence-corrected chi connectivity index (χ0v) is 16.3. The van der Waals surface area contributed by atoms with Crippen LogP contribution < -0.4 is 5.32 Å². The minimum atomic E-state index is 0.205. The van der Waals surface area contributed by atoms with Crippen LogP contribution in [0.3, 0.4) is 0 Å². The van der Waals surface area contributed by atoms with Crippen LogP contribution in [0.25, 0.3) is 0 Å². The van der Waals surface area contributed by atoms with E-state index in [0.717, 1.165) is 10.9 Å². The summed E-state index contributed by atoms with van der Waals surface area (Å²) in [7, 11) is 0. The van der Waals surface area contributed by atoms with Crippen molar-refractivity contribution in [3.05, 3.63) is 64.1 Å². The van der Waals surface area contributed by atoms with Gasteiger partial charge in [-0.25, -0.2) is 0 Å². The minimum absolute atomic E-state index is 0.205. The molecule has 1 atom stereocenters. The maximum atomic E-state index is 3.69. The van der Waals surface area contributed by atoms with E-state index < -0.39 is 0 Å². The van der Waals surface area contributed by atoms with Crippen molar-refractivity contribution in [3.8, 4) is 0 Å². The summed E-state index contributed by atoms with van der Waals surface area (Å²) in [5.41, 5.74) is 4.14. The fraction of sp³-hybridized carbons (Fsp3) is 0.429.